The number of ether oxygens (including phenoxy) is 1. The maximum absolute atomic E-state index is 12.0. The molecule has 2 aromatic rings. The summed E-state index contributed by atoms with van der Waals surface area (Å²) in [5, 5.41) is 7.67. The third kappa shape index (κ3) is 3.51. The zero-order valence-corrected chi connectivity index (χ0v) is 13.1. The highest BCUT2D eigenvalue weighted by Crippen LogP contribution is 2.16. The average molecular weight is 350 g/mol. The summed E-state index contributed by atoms with van der Waals surface area (Å²) in [6.45, 7) is 2.52. The lowest BCUT2D eigenvalue weighted by Gasteiger charge is -2.17. The first-order valence-corrected chi connectivity index (χ1v) is 7.71. The zero-order valence-electron chi connectivity index (χ0n) is 11.5. The first kappa shape index (κ1) is 14.3. The van der Waals surface area contributed by atoms with E-state index in [2.05, 4.69) is 26.3 Å². The Morgan fingerprint density at radius 3 is 2.95 bits per heavy atom. The number of fused-ring (bicyclic) bond motifs is 1. The number of hydrogen-bond donors (Lipinski definition) is 1. The van der Waals surface area contributed by atoms with Crippen molar-refractivity contribution in [1.29, 1.82) is 0 Å². The molecule has 0 amide bonds. The van der Waals surface area contributed by atoms with Crippen molar-refractivity contribution in [3.8, 4) is 5.75 Å². The molecule has 0 radical (unpaired) electrons. The van der Waals surface area contributed by atoms with Gasteiger partial charge in [-0.3, -0.25) is 4.79 Å². The van der Waals surface area contributed by atoms with Crippen molar-refractivity contribution >= 4 is 15.9 Å². The monoisotopic (exact) mass is 349 g/mol. The second kappa shape index (κ2) is 6.41. The van der Waals surface area contributed by atoms with Crippen molar-refractivity contribution in [2.75, 3.05) is 13.2 Å². The van der Waals surface area contributed by atoms with Gasteiger partial charge >= 0.3 is 0 Å². The minimum Gasteiger partial charge on any atom is -0.492 e. The molecule has 0 saturated carbocycles. The Morgan fingerprint density at radius 2 is 2.14 bits per heavy atom. The molecule has 1 aromatic carbocycles. The van der Waals surface area contributed by atoms with Gasteiger partial charge in [-0.2, -0.15) is 5.10 Å². The molecule has 0 fully saturated rings. The van der Waals surface area contributed by atoms with Gasteiger partial charge in [-0.15, -0.1) is 0 Å². The van der Waals surface area contributed by atoms with Gasteiger partial charge in [-0.25, -0.2) is 4.68 Å². The molecular formula is C15H16BrN3O2. The fourth-order valence-electron chi connectivity index (χ4n) is 2.30. The Morgan fingerprint density at radius 1 is 1.33 bits per heavy atom. The van der Waals surface area contributed by atoms with Gasteiger partial charge in [0.1, 0.15) is 12.4 Å². The summed E-state index contributed by atoms with van der Waals surface area (Å²) in [5.41, 5.74) is 1.95. The van der Waals surface area contributed by atoms with E-state index in [1.54, 1.807) is 6.07 Å². The van der Waals surface area contributed by atoms with Crippen molar-refractivity contribution in [1.82, 2.24) is 15.1 Å². The van der Waals surface area contributed by atoms with Gasteiger partial charge in [-0.1, -0.05) is 15.9 Å². The molecule has 5 nitrogen and oxygen atoms in total. The molecule has 1 aliphatic rings. The molecule has 21 heavy (non-hydrogen) atoms. The van der Waals surface area contributed by atoms with Gasteiger partial charge in [0, 0.05) is 30.0 Å². The van der Waals surface area contributed by atoms with Crippen molar-refractivity contribution < 1.29 is 4.74 Å². The minimum absolute atomic E-state index is 0.0724. The van der Waals surface area contributed by atoms with Crippen LogP contribution in [-0.2, 0) is 19.5 Å². The van der Waals surface area contributed by atoms with E-state index in [0.717, 1.165) is 41.0 Å². The van der Waals surface area contributed by atoms with Crippen LogP contribution >= 0.6 is 15.9 Å². The van der Waals surface area contributed by atoms with Crippen molar-refractivity contribution in [3.05, 3.63) is 56.4 Å². The molecule has 1 aromatic heterocycles. The number of halogens is 1. The molecule has 2 heterocycles. The molecule has 0 bridgehead atoms. The Kier molecular flexibility index (Phi) is 4.36. The van der Waals surface area contributed by atoms with Gasteiger partial charge in [0.15, 0.2) is 0 Å². The Bertz CT molecular complexity index is 682. The summed E-state index contributed by atoms with van der Waals surface area (Å²) in [4.78, 5) is 12.0. The highest BCUT2D eigenvalue weighted by Gasteiger charge is 2.12. The standard InChI is InChI=1S/C15H16BrN3O2/c16-12-1-3-13(4-2-12)21-8-7-19-15(20)9-11-10-17-6-5-14(11)18-19/h1-4,9,17H,5-8,10H2. The second-order valence-corrected chi connectivity index (χ2v) is 5.82. The molecule has 6 heteroatoms. The fraction of sp³-hybridized carbons (Fsp3) is 0.333. The quantitative estimate of drug-likeness (QED) is 0.913. The first-order chi connectivity index (χ1) is 10.2. The van der Waals surface area contributed by atoms with Crippen LogP contribution in [0.5, 0.6) is 5.75 Å². The summed E-state index contributed by atoms with van der Waals surface area (Å²) < 4.78 is 8.13. The number of benzene rings is 1. The van der Waals surface area contributed by atoms with Crippen LogP contribution in [0.4, 0.5) is 0 Å². The third-order valence-electron chi connectivity index (χ3n) is 3.40. The largest absolute Gasteiger partial charge is 0.492 e. The summed E-state index contributed by atoms with van der Waals surface area (Å²) in [5.74, 6) is 0.786. The van der Waals surface area contributed by atoms with Crippen LogP contribution in [0, 0.1) is 0 Å². The van der Waals surface area contributed by atoms with Crippen molar-refractivity contribution in [2.45, 2.75) is 19.5 Å². The van der Waals surface area contributed by atoms with Gasteiger partial charge in [-0.05, 0) is 29.8 Å². The SMILES string of the molecule is O=c1cc2c(nn1CCOc1ccc(Br)cc1)CCNC2. The van der Waals surface area contributed by atoms with E-state index < -0.39 is 0 Å². The molecule has 0 aliphatic carbocycles. The number of nitrogens with zero attached hydrogens (tertiary/aromatic N) is 2. The molecule has 110 valence electrons. The van der Waals surface area contributed by atoms with Crippen LogP contribution in [0.3, 0.4) is 0 Å². The summed E-state index contributed by atoms with van der Waals surface area (Å²) in [6.07, 6.45) is 0.864. The predicted molar refractivity (Wildman–Crippen MR) is 83.5 cm³/mol. The lowest BCUT2D eigenvalue weighted by molar-refractivity contribution is 0.286. The van der Waals surface area contributed by atoms with Crippen LogP contribution in [0.2, 0.25) is 0 Å². The van der Waals surface area contributed by atoms with E-state index in [1.807, 2.05) is 24.3 Å². The van der Waals surface area contributed by atoms with Crippen LogP contribution in [0.15, 0.2) is 39.6 Å². The summed E-state index contributed by atoms with van der Waals surface area (Å²) >= 11 is 3.38. The summed E-state index contributed by atoms with van der Waals surface area (Å²) in [7, 11) is 0. The molecule has 1 N–H and O–H groups in total. The first-order valence-electron chi connectivity index (χ1n) is 6.91. The van der Waals surface area contributed by atoms with Crippen LogP contribution in [0.25, 0.3) is 0 Å². The van der Waals surface area contributed by atoms with Gasteiger partial charge in [0.25, 0.3) is 5.56 Å². The van der Waals surface area contributed by atoms with E-state index in [0.29, 0.717) is 13.2 Å². The smallest absolute Gasteiger partial charge is 0.267 e. The van der Waals surface area contributed by atoms with Gasteiger partial charge in [0.2, 0.25) is 0 Å². The van der Waals surface area contributed by atoms with Gasteiger partial charge in [0.05, 0.1) is 12.2 Å². The van der Waals surface area contributed by atoms with Gasteiger partial charge < -0.3 is 10.1 Å². The fourth-order valence-corrected chi connectivity index (χ4v) is 2.56. The number of nitrogens with one attached hydrogen (secondary N) is 1. The molecule has 1 aliphatic heterocycles. The third-order valence-corrected chi connectivity index (χ3v) is 3.93. The number of rotatable bonds is 4. The van der Waals surface area contributed by atoms with Crippen molar-refractivity contribution in [3.63, 3.8) is 0 Å². The Hall–Kier alpha value is -1.66. The Balaban J connectivity index is 1.65. The molecule has 0 saturated heterocycles. The predicted octanol–water partition coefficient (Wildman–Crippen LogP) is 1.73. The van der Waals surface area contributed by atoms with E-state index >= 15 is 0 Å². The summed E-state index contributed by atoms with van der Waals surface area (Å²) in [6, 6.07) is 9.29. The highest BCUT2D eigenvalue weighted by molar-refractivity contribution is 9.10. The zero-order chi connectivity index (χ0) is 14.7. The molecule has 0 unspecified atom stereocenters. The molecular weight excluding hydrogens is 334 g/mol. The van der Waals surface area contributed by atoms with Crippen LogP contribution in [0.1, 0.15) is 11.3 Å². The van der Waals surface area contributed by atoms with Crippen LogP contribution < -0.4 is 15.6 Å². The molecule has 0 atom stereocenters. The molecule has 0 spiro atoms. The number of hydrogen-bond acceptors (Lipinski definition) is 4. The molecule has 3 rings (SSSR count). The average Bonchev–Trinajstić information content (AvgIpc) is 2.50. The second-order valence-electron chi connectivity index (χ2n) is 4.91. The van der Waals surface area contributed by atoms with E-state index in [1.165, 1.54) is 4.68 Å². The van der Waals surface area contributed by atoms with Crippen molar-refractivity contribution in [2.24, 2.45) is 0 Å². The maximum atomic E-state index is 12.0. The lowest BCUT2D eigenvalue weighted by atomic mass is 10.1. The van der Waals surface area contributed by atoms with E-state index in [9.17, 15) is 4.79 Å². The van der Waals surface area contributed by atoms with E-state index in [4.69, 9.17) is 4.74 Å². The normalized spacial score (nSPS) is 13.8. The topological polar surface area (TPSA) is 56.2 Å². The van der Waals surface area contributed by atoms with E-state index in [-0.39, 0.29) is 5.56 Å². The Labute approximate surface area is 131 Å². The highest BCUT2D eigenvalue weighted by atomic mass is 79.9. The maximum Gasteiger partial charge on any atom is 0.267 e. The van der Waals surface area contributed by atoms with Crippen LogP contribution in [-0.4, -0.2) is 22.9 Å². The number of aromatic nitrogens is 2. The lowest BCUT2D eigenvalue weighted by Crippen LogP contribution is -2.32. The minimum atomic E-state index is -0.0724.